The van der Waals surface area contributed by atoms with Gasteiger partial charge in [0, 0.05) is 49.7 Å². The van der Waals surface area contributed by atoms with Crippen LogP contribution in [0.3, 0.4) is 0 Å². The van der Waals surface area contributed by atoms with Crippen molar-refractivity contribution < 1.29 is 9.53 Å². The van der Waals surface area contributed by atoms with Crippen LogP contribution in [-0.4, -0.2) is 54.3 Å². The molecule has 1 aromatic heterocycles. The largest absolute Gasteiger partial charge is 0.379 e. The van der Waals surface area contributed by atoms with Crippen molar-refractivity contribution >= 4 is 16.8 Å². The Morgan fingerprint density at radius 2 is 1.92 bits per heavy atom. The molecular formula is C20H29N3O2. The first-order chi connectivity index (χ1) is 12.0. The summed E-state index contributed by atoms with van der Waals surface area (Å²) < 4.78 is 7.80. The van der Waals surface area contributed by atoms with E-state index in [9.17, 15) is 4.79 Å². The quantitative estimate of drug-likeness (QED) is 0.907. The maximum Gasteiger partial charge on any atom is 0.217 e. The number of morpholine rings is 1. The second kappa shape index (κ2) is 7.58. The van der Waals surface area contributed by atoms with E-state index >= 15 is 0 Å². The van der Waals surface area contributed by atoms with E-state index in [0.29, 0.717) is 0 Å². The Morgan fingerprint density at radius 3 is 2.60 bits per heavy atom. The van der Waals surface area contributed by atoms with Gasteiger partial charge in [0.1, 0.15) is 0 Å². The molecule has 1 atom stereocenters. The number of aromatic nitrogens is 1. The number of fused-ring (bicyclic) bond motifs is 1. The second-order valence-corrected chi connectivity index (χ2v) is 7.15. The third-order valence-corrected chi connectivity index (χ3v) is 5.19. The van der Waals surface area contributed by atoms with Gasteiger partial charge in [-0.1, -0.05) is 12.1 Å². The van der Waals surface area contributed by atoms with Gasteiger partial charge in [-0.2, -0.15) is 0 Å². The third kappa shape index (κ3) is 4.05. The predicted octanol–water partition coefficient (Wildman–Crippen LogP) is 2.40. The van der Waals surface area contributed by atoms with Crippen molar-refractivity contribution in [1.29, 1.82) is 0 Å². The average molecular weight is 343 g/mol. The Kier molecular flexibility index (Phi) is 5.45. The van der Waals surface area contributed by atoms with Crippen LogP contribution in [0.4, 0.5) is 0 Å². The minimum Gasteiger partial charge on any atom is -0.379 e. The molecule has 0 saturated carbocycles. The number of benzene rings is 1. The molecule has 1 saturated heterocycles. The van der Waals surface area contributed by atoms with Gasteiger partial charge in [-0.3, -0.25) is 9.69 Å². The number of nitrogens with one attached hydrogen (secondary N) is 1. The molecule has 5 heteroatoms. The number of rotatable bonds is 5. The zero-order valence-corrected chi connectivity index (χ0v) is 15.8. The summed E-state index contributed by atoms with van der Waals surface area (Å²) in [6.07, 6.45) is 0. The number of ether oxygens (including phenoxy) is 1. The Hall–Kier alpha value is -1.85. The number of amides is 1. The van der Waals surface area contributed by atoms with Crippen LogP contribution in [0, 0.1) is 20.8 Å². The smallest absolute Gasteiger partial charge is 0.217 e. The lowest BCUT2D eigenvalue weighted by Gasteiger charge is -2.31. The lowest BCUT2D eigenvalue weighted by Crippen LogP contribution is -2.48. The molecule has 1 aliphatic heterocycles. The van der Waals surface area contributed by atoms with Crippen molar-refractivity contribution in [3.05, 3.63) is 35.0 Å². The molecule has 0 radical (unpaired) electrons. The number of hydrogen-bond donors (Lipinski definition) is 1. The monoisotopic (exact) mass is 343 g/mol. The van der Waals surface area contributed by atoms with E-state index in [2.05, 4.69) is 53.8 Å². The third-order valence-electron chi connectivity index (χ3n) is 5.19. The van der Waals surface area contributed by atoms with Crippen LogP contribution in [0.2, 0.25) is 0 Å². The maximum absolute atomic E-state index is 11.7. The molecule has 2 heterocycles. The summed E-state index contributed by atoms with van der Waals surface area (Å²) >= 11 is 0. The predicted molar refractivity (Wildman–Crippen MR) is 101 cm³/mol. The Bertz CT molecular complexity index is 760. The molecule has 1 unspecified atom stereocenters. The SMILES string of the molecule is CC(=O)NC(CN1CCOCC1)Cn1c(C)c(C)c2ccc(C)cc21. The summed E-state index contributed by atoms with van der Waals surface area (Å²) in [7, 11) is 0. The van der Waals surface area contributed by atoms with E-state index < -0.39 is 0 Å². The molecule has 25 heavy (non-hydrogen) atoms. The molecule has 5 nitrogen and oxygen atoms in total. The van der Waals surface area contributed by atoms with Crippen LogP contribution in [0.1, 0.15) is 23.7 Å². The van der Waals surface area contributed by atoms with Gasteiger partial charge in [-0.25, -0.2) is 0 Å². The van der Waals surface area contributed by atoms with Crippen molar-refractivity contribution in [3.8, 4) is 0 Å². The fourth-order valence-corrected chi connectivity index (χ4v) is 3.75. The fourth-order valence-electron chi connectivity index (χ4n) is 3.75. The molecule has 1 aliphatic rings. The van der Waals surface area contributed by atoms with Gasteiger partial charge in [0.25, 0.3) is 0 Å². The Labute approximate surface area is 149 Å². The van der Waals surface area contributed by atoms with Crippen molar-refractivity contribution in [2.45, 2.75) is 40.3 Å². The number of hydrogen-bond acceptors (Lipinski definition) is 3. The van der Waals surface area contributed by atoms with Crippen LogP contribution < -0.4 is 5.32 Å². The lowest BCUT2D eigenvalue weighted by molar-refractivity contribution is -0.120. The van der Waals surface area contributed by atoms with E-state index in [1.807, 2.05) is 0 Å². The lowest BCUT2D eigenvalue weighted by atomic mass is 10.1. The number of nitrogens with zero attached hydrogens (tertiary/aromatic N) is 2. The highest BCUT2D eigenvalue weighted by Crippen LogP contribution is 2.26. The van der Waals surface area contributed by atoms with Gasteiger partial charge in [0.2, 0.25) is 5.91 Å². The van der Waals surface area contributed by atoms with Crippen molar-refractivity contribution in [2.75, 3.05) is 32.8 Å². The van der Waals surface area contributed by atoms with Crippen molar-refractivity contribution in [1.82, 2.24) is 14.8 Å². The average Bonchev–Trinajstić information content (AvgIpc) is 2.80. The highest BCUT2D eigenvalue weighted by Gasteiger charge is 2.20. The molecule has 0 spiro atoms. The van der Waals surface area contributed by atoms with Gasteiger partial charge in [0.15, 0.2) is 0 Å². The first-order valence-electron chi connectivity index (χ1n) is 9.09. The maximum atomic E-state index is 11.7. The first kappa shape index (κ1) is 18.0. The topological polar surface area (TPSA) is 46.5 Å². The molecular weight excluding hydrogens is 314 g/mol. The highest BCUT2D eigenvalue weighted by molar-refractivity contribution is 5.86. The van der Waals surface area contributed by atoms with Gasteiger partial charge in [0.05, 0.1) is 19.3 Å². The molecule has 1 N–H and O–H groups in total. The van der Waals surface area contributed by atoms with Gasteiger partial charge < -0.3 is 14.6 Å². The number of carbonyl (C=O) groups excluding carboxylic acids is 1. The molecule has 2 aromatic rings. The van der Waals surface area contributed by atoms with E-state index in [-0.39, 0.29) is 11.9 Å². The Balaban J connectivity index is 1.87. The van der Waals surface area contributed by atoms with E-state index in [0.717, 1.165) is 39.4 Å². The Morgan fingerprint density at radius 1 is 1.20 bits per heavy atom. The zero-order chi connectivity index (χ0) is 18.0. The van der Waals surface area contributed by atoms with Crippen LogP contribution in [-0.2, 0) is 16.1 Å². The molecule has 0 bridgehead atoms. The van der Waals surface area contributed by atoms with Gasteiger partial charge in [-0.15, -0.1) is 0 Å². The molecule has 1 amide bonds. The summed E-state index contributed by atoms with van der Waals surface area (Å²) in [6, 6.07) is 6.70. The highest BCUT2D eigenvalue weighted by atomic mass is 16.5. The minimum absolute atomic E-state index is 0.0280. The summed E-state index contributed by atoms with van der Waals surface area (Å²) in [5.74, 6) is 0.0280. The number of aryl methyl sites for hydroxylation is 2. The normalized spacial score (nSPS) is 17.0. The molecule has 3 rings (SSSR count). The summed E-state index contributed by atoms with van der Waals surface area (Å²) in [5.41, 5.74) is 5.11. The van der Waals surface area contributed by atoms with Gasteiger partial charge in [-0.05, 0) is 38.0 Å². The minimum atomic E-state index is 0.0280. The molecule has 0 aliphatic carbocycles. The molecule has 136 valence electrons. The van der Waals surface area contributed by atoms with Crippen LogP contribution in [0.15, 0.2) is 18.2 Å². The summed E-state index contributed by atoms with van der Waals surface area (Å²) in [4.78, 5) is 14.1. The van der Waals surface area contributed by atoms with E-state index in [1.54, 1.807) is 6.92 Å². The summed E-state index contributed by atoms with van der Waals surface area (Å²) in [6.45, 7) is 13.1. The summed E-state index contributed by atoms with van der Waals surface area (Å²) in [5, 5.41) is 4.45. The van der Waals surface area contributed by atoms with Crippen LogP contribution in [0.5, 0.6) is 0 Å². The standard InChI is InChI=1S/C20H29N3O2/c1-14-5-6-19-15(2)16(3)23(20(19)11-14)13-18(21-17(4)24)12-22-7-9-25-10-8-22/h5-6,11,18H,7-10,12-13H2,1-4H3,(H,21,24). The van der Waals surface area contributed by atoms with E-state index in [4.69, 9.17) is 4.74 Å². The van der Waals surface area contributed by atoms with E-state index in [1.165, 1.54) is 27.7 Å². The van der Waals surface area contributed by atoms with Crippen LogP contribution >= 0.6 is 0 Å². The molecule has 1 fully saturated rings. The zero-order valence-electron chi connectivity index (χ0n) is 15.8. The molecule has 1 aromatic carbocycles. The first-order valence-corrected chi connectivity index (χ1v) is 9.09. The second-order valence-electron chi connectivity index (χ2n) is 7.15. The van der Waals surface area contributed by atoms with Crippen LogP contribution in [0.25, 0.3) is 10.9 Å². The van der Waals surface area contributed by atoms with Crippen molar-refractivity contribution in [2.24, 2.45) is 0 Å². The number of carbonyl (C=O) groups is 1. The fraction of sp³-hybridized carbons (Fsp3) is 0.550. The van der Waals surface area contributed by atoms with Crippen molar-refractivity contribution in [3.63, 3.8) is 0 Å². The van der Waals surface area contributed by atoms with Gasteiger partial charge >= 0.3 is 0 Å².